The summed E-state index contributed by atoms with van der Waals surface area (Å²) in [6.45, 7) is 2.13. The van der Waals surface area contributed by atoms with E-state index in [1.807, 2.05) is 0 Å². The van der Waals surface area contributed by atoms with E-state index in [1.165, 1.54) is 19.9 Å². The molecule has 0 aliphatic heterocycles. The van der Waals surface area contributed by atoms with Crippen molar-refractivity contribution in [1.82, 2.24) is 0 Å². The van der Waals surface area contributed by atoms with Gasteiger partial charge in [-0.3, -0.25) is 0 Å². The minimum atomic E-state index is 1.33. The van der Waals surface area contributed by atoms with Crippen molar-refractivity contribution in [3.63, 3.8) is 0 Å². The van der Waals surface area contributed by atoms with Gasteiger partial charge in [-0.2, -0.15) is 0 Å². The average molecular weight is 268 g/mol. The smallest absolute Gasteiger partial charge is 0.0211 e. The zero-order valence-electron chi connectivity index (χ0n) is 6.84. The summed E-state index contributed by atoms with van der Waals surface area (Å²) >= 11 is 2.38. The molecule has 0 bridgehead atoms. The maximum Gasteiger partial charge on any atom is 0.0211 e. The van der Waals surface area contributed by atoms with Gasteiger partial charge in [0.15, 0.2) is 0 Å². The third-order valence-corrected chi connectivity index (χ3v) is 2.85. The fourth-order valence-corrected chi connectivity index (χ4v) is 2.39. The predicted octanol–water partition coefficient (Wildman–Crippen LogP) is 3.75. The highest BCUT2D eigenvalue weighted by Gasteiger charge is 1.97. The van der Waals surface area contributed by atoms with Gasteiger partial charge < -0.3 is 0 Å². The number of halogens is 1. The Bertz CT molecular complexity index is 418. The van der Waals surface area contributed by atoms with Gasteiger partial charge in [-0.25, -0.2) is 0 Å². The van der Waals surface area contributed by atoms with Crippen molar-refractivity contribution in [2.24, 2.45) is 0 Å². The number of aryl methyl sites for hydroxylation is 1. The third kappa shape index (κ3) is 1.33. The Kier molecular flexibility index (Phi) is 2.05. The SMILES string of the molecule is Cc1cc(I)c2ccccc2c1. The molecule has 12 heavy (non-hydrogen) atoms. The summed E-state index contributed by atoms with van der Waals surface area (Å²) in [6, 6.07) is 12.9. The lowest BCUT2D eigenvalue weighted by Crippen LogP contribution is -1.79. The highest BCUT2D eigenvalue weighted by atomic mass is 127. The highest BCUT2D eigenvalue weighted by Crippen LogP contribution is 2.21. The van der Waals surface area contributed by atoms with E-state index >= 15 is 0 Å². The van der Waals surface area contributed by atoms with E-state index in [4.69, 9.17) is 0 Å². The molecule has 0 aliphatic carbocycles. The van der Waals surface area contributed by atoms with Gasteiger partial charge in [-0.05, 0) is 51.9 Å². The first-order valence-electron chi connectivity index (χ1n) is 3.92. The van der Waals surface area contributed by atoms with E-state index in [0.29, 0.717) is 0 Å². The van der Waals surface area contributed by atoms with Crippen molar-refractivity contribution in [1.29, 1.82) is 0 Å². The molecule has 0 fully saturated rings. The molecule has 0 unspecified atom stereocenters. The minimum absolute atomic E-state index is 1.33. The van der Waals surface area contributed by atoms with Crippen molar-refractivity contribution >= 4 is 33.4 Å². The normalized spacial score (nSPS) is 10.5. The van der Waals surface area contributed by atoms with Crippen LogP contribution in [-0.4, -0.2) is 0 Å². The van der Waals surface area contributed by atoms with Crippen LogP contribution in [-0.2, 0) is 0 Å². The van der Waals surface area contributed by atoms with E-state index in [-0.39, 0.29) is 0 Å². The van der Waals surface area contributed by atoms with Gasteiger partial charge in [-0.1, -0.05) is 30.3 Å². The first-order valence-corrected chi connectivity index (χ1v) is 5.00. The molecule has 60 valence electrons. The van der Waals surface area contributed by atoms with Crippen LogP contribution < -0.4 is 0 Å². The lowest BCUT2D eigenvalue weighted by atomic mass is 10.1. The molecule has 2 aromatic carbocycles. The first kappa shape index (κ1) is 8.05. The van der Waals surface area contributed by atoms with Crippen LogP contribution in [0.25, 0.3) is 10.8 Å². The number of benzene rings is 2. The van der Waals surface area contributed by atoms with Gasteiger partial charge in [0.1, 0.15) is 0 Å². The Balaban J connectivity index is 2.89. The van der Waals surface area contributed by atoms with Gasteiger partial charge in [0.05, 0.1) is 0 Å². The predicted molar refractivity (Wildman–Crippen MR) is 61.4 cm³/mol. The molecule has 0 radical (unpaired) electrons. The second kappa shape index (κ2) is 3.05. The van der Waals surface area contributed by atoms with Crippen molar-refractivity contribution in [2.75, 3.05) is 0 Å². The summed E-state index contributed by atoms with van der Waals surface area (Å²) in [6.07, 6.45) is 0. The van der Waals surface area contributed by atoms with Crippen LogP contribution in [0.5, 0.6) is 0 Å². The summed E-state index contributed by atoms with van der Waals surface area (Å²) in [5, 5.41) is 2.69. The lowest BCUT2D eigenvalue weighted by molar-refractivity contribution is 1.49. The minimum Gasteiger partial charge on any atom is -0.0616 e. The molecular formula is C11H9I. The second-order valence-electron chi connectivity index (χ2n) is 2.97. The van der Waals surface area contributed by atoms with Crippen LogP contribution in [0.1, 0.15) is 5.56 Å². The standard InChI is InChI=1S/C11H9I/c1-8-6-9-4-2-3-5-10(9)11(12)7-8/h2-7H,1H3. The van der Waals surface area contributed by atoms with Crippen molar-refractivity contribution < 1.29 is 0 Å². The summed E-state index contributed by atoms with van der Waals surface area (Å²) in [5.41, 5.74) is 1.33. The average Bonchev–Trinajstić information content (AvgIpc) is 2.04. The zero-order valence-corrected chi connectivity index (χ0v) is 9.00. The molecule has 0 aliphatic rings. The van der Waals surface area contributed by atoms with Gasteiger partial charge in [-0.15, -0.1) is 0 Å². The lowest BCUT2D eigenvalue weighted by Gasteiger charge is -2.01. The monoisotopic (exact) mass is 268 g/mol. The van der Waals surface area contributed by atoms with Crippen molar-refractivity contribution in [3.8, 4) is 0 Å². The molecule has 0 saturated heterocycles. The van der Waals surface area contributed by atoms with E-state index in [0.717, 1.165) is 0 Å². The van der Waals surface area contributed by atoms with E-state index < -0.39 is 0 Å². The fraction of sp³-hybridized carbons (Fsp3) is 0.0909. The quantitative estimate of drug-likeness (QED) is 0.638. The molecule has 0 spiro atoms. The maximum atomic E-state index is 2.38. The number of rotatable bonds is 0. The summed E-state index contributed by atoms with van der Waals surface area (Å²) in [4.78, 5) is 0. The molecule has 0 saturated carbocycles. The Morgan fingerprint density at radius 3 is 2.67 bits per heavy atom. The maximum absolute atomic E-state index is 2.38. The largest absolute Gasteiger partial charge is 0.0616 e. The fourth-order valence-electron chi connectivity index (χ4n) is 1.40. The molecule has 0 aromatic heterocycles. The van der Waals surface area contributed by atoms with Gasteiger partial charge in [0.2, 0.25) is 0 Å². The molecule has 0 heterocycles. The van der Waals surface area contributed by atoms with Crippen LogP contribution >= 0.6 is 22.6 Å². The Hall–Kier alpha value is -0.570. The van der Waals surface area contributed by atoms with E-state index in [9.17, 15) is 0 Å². The molecule has 0 amide bonds. The molecule has 1 heteroatoms. The third-order valence-electron chi connectivity index (χ3n) is 1.96. The first-order chi connectivity index (χ1) is 5.77. The van der Waals surface area contributed by atoms with Crippen LogP contribution in [0.15, 0.2) is 36.4 Å². The van der Waals surface area contributed by atoms with E-state index in [2.05, 4.69) is 65.9 Å². The second-order valence-corrected chi connectivity index (χ2v) is 4.13. The van der Waals surface area contributed by atoms with Crippen LogP contribution in [0, 0.1) is 10.5 Å². The molecule has 0 nitrogen and oxygen atoms in total. The van der Waals surface area contributed by atoms with E-state index in [1.54, 1.807) is 0 Å². The summed E-state index contributed by atoms with van der Waals surface area (Å²) in [5.74, 6) is 0. The summed E-state index contributed by atoms with van der Waals surface area (Å²) in [7, 11) is 0. The topological polar surface area (TPSA) is 0 Å². The Morgan fingerprint density at radius 2 is 1.83 bits per heavy atom. The van der Waals surface area contributed by atoms with Gasteiger partial charge >= 0.3 is 0 Å². The Morgan fingerprint density at radius 1 is 1.08 bits per heavy atom. The molecular weight excluding hydrogens is 259 g/mol. The van der Waals surface area contributed by atoms with Crippen molar-refractivity contribution in [3.05, 3.63) is 45.5 Å². The molecule has 0 atom stereocenters. The summed E-state index contributed by atoms with van der Waals surface area (Å²) < 4.78 is 1.34. The number of fused-ring (bicyclic) bond motifs is 1. The van der Waals surface area contributed by atoms with Gasteiger partial charge in [0.25, 0.3) is 0 Å². The van der Waals surface area contributed by atoms with Crippen LogP contribution in [0.3, 0.4) is 0 Å². The van der Waals surface area contributed by atoms with Crippen LogP contribution in [0.2, 0.25) is 0 Å². The molecule has 2 aromatic rings. The van der Waals surface area contributed by atoms with Gasteiger partial charge in [0, 0.05) is 3.57 Å². The highest BCUT2D eigenvalue weighted by molar-refractivity contribution is 14.1. The zero-order chi connectivity index (χ0) is 8.55. The number of hydrogen-bond donors (Lipinski definition) is 0. The molecule has 2 rings (SSSR count). The molecule has 0 N–H and O–H groups in total. The Labute approximate surface area is 85.7 Å². The van der Waals surface area contributed by atoms with Crippen molar-refractivity contribution in [2.45, 2.75) is 6.92 Å². The van der Waals surface area contributed by atoms with Crippen LogP contribution in [0.4, 0.5) is 0 Å². The number of hydrogen-bond acceptors (Lipinski definition) is 0.